The molecule has 1 aromatic carbocycles. The fourth-order valence-electron chi connectivity index (χ4n) is 4.35. The summed E-state index contributed by atoms with van der Waals surface area (Å²) in [6.07, 6.45) is 5.04. The van der Waals surface area contributed by atoms with Crippen LogP contribution in [0.4, 0.5) is 17.1 Å². The fraction of sp³-hybridized carbons (Fsp3) is 0.233. The Bertz CT molecular complexity index is 1730. The molecule has 44 heavy (non-hydrogen) atoms. The van der Waals surface area contributed by atoms with Crippen LogP contribution >= 0.6 is 23.4 Å². The Morgan fingerprint density at radius 1 is 0.750 bits per heavy atom. The van der Waals surface area contributed by atoms with E-state index in [0.717, 1.165) is 10.6 Å². The van der Waals surface area contributed by atoms with Crippen LogP contribution in [0.1, 0.15) is 48.2 Å². The number of rotatable bonds is 12. The van der Waals surface area contributed by atoms with Gasteiger partial charge >= 0.3 is 0 Å². The van der Waals surface area contributed by atoms with E-state index in [1.165, 1.54) is 12.1 Å². The van der Waals surface area contributed by atoms with Gasteiger partial charge in [-0.1, -0.05) is 0 Å². The van der Waals surface area contributed by atoms with Crippen molar-refractivity contribution in [3.8, 4) is 6.07 Å². The van der Waals surface area contributed by atoms with E-state index in [-0.39, 0.29) is 30.5 Å². The molecule has 0 unspecified atom stereocenters. The number of carbonyl (C=O) groups is 4. The molecule has 0 spiro atoms. The second-order valence-corrected chi connectivity index (χ2v) is 11.3. The minimum Gasteiger partial charge on any atom is -0.350 e. The average Bonchev–Trinajstić information content (AvgIpc) is 3.67. The minimum absolute atomic E-state index is 0.193. The lowest BCUT2D eigenvalue weighted by Gasteiger charge is -2.04. The number of hydrogen-bond acceptors (Lipinski definition) is 6. The van der Waals surface area contributed by atoms with Crippen LogP contribution in [0.25, 0.3) is 0 Å². The third-order valence-corrected chi connectivity index (χ3v) is 7.90. The van der Waals surface area contributed by atoms with Crippen LogP contribution in [0.15, 0.2) is 66.0 Å². The number of aryl methyl sites for hydroxylation is 3. The first-order chi connectivity index (χ1) is 21.1. The zero-order chi connectivity index (χ0) is 31.8. The Balaban J connectivity index is 1.37. The van der Waals surface area contributed by atoms with Crippen LogP contribution in [0, 0.1) is 11.3 Å². The quantitative estimate of drug-likeness (QED) is 0.103. The molecule has 0 bridgehead atoms. The van der Waals surface area contributed by atoms with E-state index in [0.29, 0.717) is 39.9 Å². The van der Waals surface area contributed by atoms with Crippen LogP contribution in [-0.2, 0) is 21.1 Å². The molecular weight excluding hydrogens is 604 g/mol. The van der Waals surface area contributed by atoms with E-state index in [1.54, 1.807) is 83.4 Å². The summed E-state index contributed by atoms with van der Waals surface area (Å²) in [5.74, 6) is -0.211. The molecule has 12 nitrogen and oxygen atoms in total. The number of amides is 4. The minimum atomic E-state index is -0.440. The van der Waals surface area contributed by atoms with E-state index in [1.807, 2.05) is 18.2 Å². The Hall–Kier alpha value is -4.93. The predicted octanol–water partition coefficient (Wildman–Crippen LogP) is 4.43. The van der Waals surface area contributed by atoms with E-state index < -0.39 is 11.8 Å². The van der Waals surface area contributed by atoms with Gasteiger partial charge < -0.3 is 35.0 Å². The van der Waals surface area contributed by atoms with E-state index in [2.05, 4.69) is 21.3 Å². The second kappa shape index (κ2) is 14.5. The molecule has 0 radical (unpaired) electrons. The number of thioether (sulfide) groups is 1. The highest BCUT2D eigenvalue weighted by Gasteiger charge is 2.19. The number of benzene rings is 1. The van der Waals surface area contributed by atoms with Gasteiger partial charge in [-0.2, -0.15) is 5.26 Å². The molecule has 4 N–H and O–H groups in total. The maximum Gasteiger partial charge on any atom is 0.272 e. The van der Waals surface area contributed by atoms with Crippen LogP contribution in [0.3, 0.4) is 0 Å². The predicted molar refractivity (Wildman–Crippen MR) is 171 cm³/mol. The number of halogens is 1. The molecule has 0 aliphatic rings. The number of nitriles is 1. The molecule has 0 saturated heterocycles. The van der Waals surface area contributed by atoms with Gasteiger partial charge in [0.05, 0.1) is 29.6 Å². The number of carbonyl (C=O) groups excluding carboxylic acids is 4. The van der Waals surface area contributed by atoms with Crippen molar-refractivity contribution in [2.24, 2.45) is 21.1 Å². The van der Waals surface area contributed by atoms with Crippen molar-refractivity contribution < 1.29 is 19.2 Å². The van der Waals surface area contributed by atoms with Gasteiger partial charge in [-0.25, -0.2) is 0 Å². The Kier molecular flexibility index (Phi) is 10.5. The zero-order valence-electron chi connectivity index (χ0n) is 24.3. The van der Waals surface area contributed by atoms with Gasteiger partial charge in [-0.05, 0) is 42.5 Å². The normalized spacial score (nSPS) is 10.6. The summed E-state index contributed by atoms with van der Waals surface area (Å²) in [6.45, 7) is 0.225. The van der Waals surface area contributed by atoms with E-state index in [4.69, 9.17) is 16.9 Å². The highest BCUT2D eigenvalue weighted by molar-refractivity contribution is 7.99. The second-order valence-electron chi connectivity index (χ2n) is 9.76. The Morgan fingerprint density at radius 2 is 1.20 bits per heavy atom. The third kappa shape index (κ3) is 7.91. The molecule has 4 rings (SSSR count). The van der Waals surface area contributed by atoms with Crippen molar-refractivity contribution in [3.63, 3.8) is 0 Å². The molecule has 4 amide bonds. The molecule has 228 valence electrons. The van der Waals surface area contributed by atoms with E-state index >= 15 is 0 Å². The number of nitrogens with zero attached hydrogens (tertiary/aromatic N) is 4. The maximum absolute atomic E-state index is 13.1. The van der Waals surface area contributed by atoms with Gasteiger partial charge in [-0.3, -0.25) is 19.2 Å². The molecular formula is C30H31ClN8O4S. The van der Waals surface area contributed by atoms with Gasteiger partial charge in [0.25, 0.3) is 23.6 Å². The summed E-state index contributed by atoms with van der Waals surface area (Å²) in [5.41, 5.74) is 2.64. The zero-order valence-corrected chi connectivity index (χ0v) is 25.9. The highest BCUT2D eigenvalue weighted by Crippen LogP contribution is 2.21. The lowest BCUT2D eigenvalue weighted by molar-refractivity contribution is 0.0944. The molecule has 0 aliphatic carbocycles. The van der Waals surface area contributed by atoms with Crippen molar-refractivity contribution in [2.45, 2.75) is 11.3 Å². The first-order valence-electron chi connectivity index (χ1n) is 13.5. The molecule has 0 aliphatic heterocycles. The van der Waals surface area contributed by atoms with Gasteiger partial charge in [0.1, 0.15) is 17.1 Å². The number of hydrogen-bond donors (Lipinski definition) is 4. The third-order valence-electron chi connectivity index (χ3n) is 6.47. The van der Waals surface area contributed by atoms with Crippen LogP contribution in [0.5, 0.6) is 0 Å². The number of nitrogens with one attached hydrogen (secondary N) is 4. The van der Waals surface area contributed by atoms with Crippen LogP contribution < -0.4 is 21.3 Å². The maximum atomic E-state index is 13.1. The Labute approximate surface area is 263 Å². The standard InChI is InChI=1S/C30H31ClN8O4S/c1-37-17-21(13-24(37)28(41)33-11-4-10-32)35-30(43)26-15-22(18-39(26)3)36-29(42)25-14-20(16-38(25)2)34-27(40)19-5-7-23(8-6-19)44-12-9-31/h5-8,13-18H,4,9,11-12H2,1-3H3,(H,33,41)(H,34,40)(H,35,43)(H,36,42). The Morgan fingerprint density at radius 3 is 1.66 bits per heavy atom. The number of anilines is 3. The number of aromatic nitrogens is 3. The summed E-state index contributed by atoms with van der Waals surface area (Å²) >= 11 is 7.34. The summed E-state index contributed by atoms with van der Waals surface area (Å²) < 4.78 is 4.74. The van der Waals surface area contributed by atoms with Gasteiger partial charge in [0.2, 0.25) is 0 Å². The fourth-order valence-corrected chi connectivity index (χ4v) is 5.22. The topological polar surface area (TPSA) is 155 Å². The van der Waals surface area contributed by atoms with Crippen molar-refractivity contribution in [3.05, 3.63) is 83.7 Å². The summed E-state index contributed by atoms with van der Waals surface area (Å²) in [6, 6.07) is 13.8. The van der Waals surface area contributed by atoms with Crippen LogP contribution in [0.2, 0.25) is 0 Å². The largest absolute Gasteiger partial charge is 0.350 e. The molecule has 4 aromatic rings. The lowest BCUT2D eigenvalue weighted by Crippen LogP contribution is -2.25. The number of alkyl halides is 1. The van der Waals surface area contributed by atoms with Gasteiger partial charge in [0, 0.05) is 68.4 Å². The first kappa shape index (κ1) is 32.0. The molecule has 14 heteroatoms. The van der Waals surface area contributed by atoms with Crippen molar-refractivity contribution in [1.29, 1.82) is 5.26 Å². The smallest absolute Gasteiger partial charge is 0.272 e. The van der Waals surface area contributed by atoms with Crippen molar-refractivity contribution >= 4 is 64.1 Å². The summed E-state index contributed by atoms with van der Waals surface area (Å²) in [4.78, 5) is 52.2. The molecule has 3 aromatic heterocycles. The van der Waals surface area contributed by atoms with E-state index in [9.17, 15) is 19.2 Å². The average molecular weight is 635 g/mol. The van der Waals surface area contributed by atoms with Crippen LogP contribution in [-0.4, -0.2) is 55.5 Å². The van der Waals surface area contributed by atoms with Crippen molar-refractivity contribution in [1.82, 2.24) is 19.0 Å². The lowest BCUT2D eigenvalue weighted by atomic mass is 10.2. The SMILES string of the molecule is Cn1cc(NC(=O)c2cc(NC(=O)c3cc(NC(=O)c4ccc(SCCCl)cc4)cn3C)cn2C)cc1C(=O)NCCC#N. The summed E-state index contributed by atoms with van der Waals surface area (Å²) in [7, 11) is 5.03. The highest BCUT2D eigenvalue weighted by atomic mass is 35.5. The molecule has 3 heterocycles. The summed E-state index contributed by atoms with van der Waals surface area (Å²) in [5, 5.41) is 19.7. The molecule has 0 atom stereocenters. The molecule has 0 fully saturated rings. The monoisotopic (exact) mass is 634 g/mol. The van der Waals surface area contributed by atoms with Gasteiger partial charge in [-0.15, -0.1) is 23.4 Å². The van der Waals surface area contributed by atoms with Crippen molar-refractivity contribution in [2.75, 3.05) is 34.1 Å². The molecule has 0 saturated carbocycles. The first-order valence-corrected chi connectivity index (χ1v) is 15.0. The van der Waals surface area contributed by atoms with Gasteiger partial charge in [0.15, 0.2) is 0 Å².